The second-order valence-corrected chi connectivity index (χ2v) is 20.5. The minimum absolute atomic E-state index is 0.548. The SMILES string of the molecule is c1ccc(-c2ccccc2N(c2ccc3c(c2)C2(c4ccccc4-c4ccccc42)c2ccc(-c4ccc5sc6ccccc6c5c4)cc2-3)c2ccccc2-c2ccc(-c3ccccc3)c3ccccc23)cc1. The van der Waals surface area contributed by atoms with Crippen LogP contribution in [0, 0.1) is 0 Å². The molecule has 1 spiro atoms. The number of fused-ring (bicyclic) bond motifs is 14. The minimum atomic E-state index is -0.548. The summed E-state index contributed by atoms with van der Waals surface area (Å²) in [4.78, 5) is 2.53. The van der Waals surface area contributed by atoms with E-state index in [4.69, 9.17) is 0 Å². The molecule has 0 aliphatic heterocycles. The molecule has 2 aliphatic carbocycles. The Kier molecular flexibility index (Phi) is 9.42. The van der Waals surface area contributed by atoms with E-state index in [0.717, 1.165) is 28.2 Å². The molecule has 0 bridgehead atoms. The molecular weight excluding hydrogens is 899 g/mol. The van der Waals surface area contributed by atoms with Crippen LogP contribution in [0.15, 0.2) is 273 Å². The summed E-state index contributed by atoms with van der Waals surface area (Å²) in [6, 6.07) is 102. The Bertz CT molecular complexity index is 4290. The highest BCUT2D eigenvalue weighted by Crippen LogP contribution is 2.64. The van der Waals surface area contributed by atoms with Crippen LogP contribution in [0.4, 0.5) is 17.1 Å². The Morgan fingerprint density at radius 1 is 0.247 bits per heavy atom. The molecule has 1 nitrogen and oxygen atoms in total. The molecule has 1 heterocycles. The van der Waals surface area contributed by atoms with Gasteiger partial charge in [0.25, 0.3) is 0 Å². The van der Waals surface area contributed by atoms with Crippen LogP contribution >= 0.6 is 11.3 Å². The van der Waals surface area contributed by atoms with Crippen LogP contribution < -0.4 is 4.90 Å². The van der Waals surface area contributed by atoms with Gasteiger partial charge in [-0.05, 0) is 137 Å². The summed E-state index contributed by atoms with van der Waals surface area (Å²) in [6.45, 7) is 0. The maximum absolute atomic E-state index is 2.53. The summed E-state index contributed by atoms with van der Waals surface area (Å²) >= 11 is 1.87. The second-order valence-electron chi connectivity index (χ2n) is 19.4. The lowest BCUT2D eigenvalue weighted by Crippen LogP contribution is -2.26. The first-order valence-corrected chi connectivity index (χ1v) is 26.1. The number of rotatable bonds is 7. The third-order valence-corrected chi connectivity index (χ3v) is 16.9. The number of benzene rings is 12. The standard InChI is InChI=1S/C71H45NS/c1-3-19-46(20-4-1)51-39-40-55(54-25-8-7-24-53(51)54)59-28-12-17-33-68(59)72(67-32-16-11-23-52(67)47-21-5-2-6-22-47)50-37-38-58-61-43-48(49-36-42-70-62(44-49)60-29-13-18-34-69(60)73-70)35-41-65(61)71(66(58)45-50)63-30-14-9-26-56(63)57-27-10-15-31-64(57)71/h1-45H. The first-order valence-electron chi connectivity index (χ1n) is 25.2. The molecule has 73 heavy (non-hydrogen) atoms. The molecule has 13 aromatic rings. The molecule has 0 atom stereocenters. The van der Waals surface area contributed by atoms with Gasteiger partial charge >= 0.3 is 0 Å². The van der Waals surface area contributed by atoms with Crippen molar-refractivity contribution >= 4 is 59.3 Å². The maximum atomic E-state index is 2.53. The maximum Gasteiger partial charge on any atom is 0.0726 e. The van der Waals surface area contributed by atoms with E-state index in [1.807, 2.05) is 11.3 Å². The number of hydrogen-bond donors (Lipinski definition) is 0. The fraction of sp³-hybridized carbons (Fsp3) is 0.0141. The van der Waals surface area contributed by atoms with Crippen molar-refractivity contribution in [1.29, 1.82) is 0 Å². The summed E-state index contributed by atoms with van der Waals surface area (Å²) < 4.78 is 2.64. The van der Waals surface area contributed by atoms with Gasteiger partial charge in [0.05, 0.1) is 16.8 Å². The summed E-state index contributed by atoms with van der Waals surface area (Å²) in [5.74, 6) is 0. The van der Waals surface area contributed by atoms with Crippen LogP contribution in [-0.2, 0) is 5.41 Å². The van der Waals surface area contributed by atoms with Gasteiger partial charge in [0.2, 0.25) is 0 Å². The van der Waals surface area contributed by atoms with Crippen molar-refractivity contribution < 1.29 is 0 Å². The van der Waals surface area contributed by atoms with Crippen molar-refractivity contribution in [2.45, 2.75) is 5.41 Å². The van der Waals surface area contributed by atoms with Crippen LogP contribution in [-0.4, -0.2) is 0 Å². The van der Waals surface area contributed by atoms with E-state index in [0.29, 0.717) is 0 Å². The van der Waals surface area contributed by atoms with Gasteiger partial charge in [-0.15, -0.1) is 11.3 Å². The molecule has 0 unspecified atom stereocenters. The van der Waals surface area contributed by atoms with Crippen molar-refractivity contribution in [3.05, 3.63) is 295 Å². The van der Waals surface area contributed by atoms with Gasteiger partial charge in [0.1, 0.15) is 0 Å². The molecular formula is C71H45NS. The summed E-state index contributed by atoms with van der Waals surface area (Å²) in [7, 11) is 0. The third-order valence-electron chi connectivity index (χ3n) is 15.7. The monoisotopic (exact) mass is 943 g/mol. The molecule has 0 amide bonds. The second kappa shape index (κ2) is 16.5. The van der Waals surface area contributed by atoms with Gasteiger partial charge in [-0.3, -0.25) is 0 Å². The smallest absolute Gasteiger partial charge is 0.0726 e. The zero-order chi connectivity index (χ0) is 48.0. The highest BCUT2D eigenvalue weighted by molar-refractivity contribution is 7.25. The van der Waals surface area contributed by atoms with Gasteiger partial charge < -0.3 is 4.90 Å². The zero-order valence-corrected chi connectivity index (χ0v) is 40.7. The van der Waals surface area contributed by atoms with Gasteiger partial charge in [0, 0.05) is 37.0 Å². The molecule has 12 aromatic carbocycles. The summed E-state index contributed by atoms with van der Waals surface area (Å²) in [6.07, 6.45) is 0. The molecule has 340 valence electrons. The summed E-state index contributed by atoms with van der Waals surface area (Å²) in [5.41, 5.74) is 22.8. The lowest BCUT2D eigenvalue weighted by molar-refractivity contribution is 0.794. The Balaban J connectivity index is 0.988. The number of para-hydroxylation sites is 2. The first-order chi connectivity index (χ1) is 36.2. The van der Waals surface area contributed by atoms with E-state index in [1.54, 1.807) is 0 Å². The number of hydrogen-bond acceptors (Lipinski definition) is 2. The van der Waals surface area contributed by atoms with Crippen LogP contribution in [0.5, 0.6) is 0 Å². The van der Waals surface area contributed by atoms with Gasteiger partial charge in [-0.25, -0.2) is 0 Å². The van der Waals surface area contributed by atoms with E-state index in [2.05, 4.69) is 278 Å². The zero-order valence-electron chi connectivity index (χ0n) is 39.8. The number of anilines is 3. The average Bonchev–Trinajstić information content (AvgIpc) is 4.15. The Morgan fingerprint density at radius 2 is 0.726 bits per heavy atom. The molecule has 1 aromatic heterocycles. The first kappa shape index (κ1) is 41.7. The largest absolute Gasteiger partial charge is 0.309 e. The van der Waals surface area contributed by atoms with Gasteiger partial charge in [-0.2, -0.15) is 0 Å². The van der Waals surface area contributed by atoms with Gasteiger partial charge in [0.15, 0.2) is 0 Å². The predicted molar refractivity (Wildman–Crippen MR) is 310 cm³/mol. The molecule has 0 fully saturated rings. The fourth-order valence-corrected chi connectivity index (χ4v) is 13.7. The highest BCUT2D eigenvalue weighted by Gasteiger charge is 2.52. The van der Waals surface area contributed by atoms with Crippen LogP contribution in [0.3, 0.4) is 0 Å². The van der Waals surface area contributed by atoms with Crippen LogP contribution in [0.1, 0.15) is 22.3 Å². The van der Waals surface area contributed by atoms with E-state index in [-0.39, 0.29) is 0 Å². The summed E-state index contributed by atoms with van der Waals surface area (Å²) in [5, 5.41) is 5.09. The van der Waals surface area contributed by atoms with E-state index < -0.39 is 5.41 Å². The van der Waals surface area contributed by atoms with Crippen molar-refractivity contribution in [2.75, 3.05) is 4.90 Å². The van der Waals surface area contributed by atoms with Crippen molar-refractivity contribution in [1.82, 2.24) is 0 Å². The predicted octanol–water partition coefficient (Wildman–Crippen LogP) is 19.7. The Labute approximate surface area is 429 Å². The normalized spacial score (nSPS) is 12.8. The molecule has 2 aliphatic rings. The lowest BCUT2D eigenvalue weighted by atomic mass is 9.70. The molecule has 0 saturated carbocycles. The lowest BCUT2D eigenvalue weighted by Gasteiger charge is -2.33. The van der Waals surface area contributed by atoms with Crippen molar-refractivity contribution in [2.24, 2.45) is 0 Å². The van der Waals surface area contributed by atoms with Gasteiger partial charge in [-0.1, -0.05) is 224 Å². The average molecular weight is 944 g/mol. The number of nitrogens with zero attached hydrogens (tertiary/aromatic N) is 1. The quantitative estimate of drug-likeness (QED) is 0.154. The Morgan fingerprint density at radius 3 is 1.45 bits per heavy atom. The molecule has 0 radical (unpaired) electrons. The third kappa shape index (κ3) is 6.27. The molecule has 0 saturated heterocycles. The van der Waals surface area contributed by atoms with E-state index in [9.17, 15) is 0 Å². The van der Waals surface area contributed by atoms with Crippen LogP contribution in [0.25, 0.3) is 97.7 Å². The van der Waals surface area contributed by atoms with Crippen LogP contribution in [0.2, 0.25) is 0 Å². The Hall–Kier alpha value is -9.08. The minimum Gasteiger partial charge on any atom is -0.309 e. The van der Waals surface area contributed by atoms with E-state index in [1.165, 1.54) is 109 Å². The number of thiophene rings is 1. The molecule has 0 N–H and O–H groups in total. The highest BCUT2D eigenvalue weighted by atomic mass is 32.1. The topological polar surface area (TPSA) is 3.24 Å². The molecule has 15 rings (SSSR count). The molecule has 2 heteroatoms. The van der Waals surface area contributed by atoms with Crippen molar-refractivity contribution in [3.8, 4) is 66.8 Å². The van der Waals surface area contributed by atoms with Crippen molar-refractivity contribution in [3.63, 3.8) is 0 Å². The van der Waals surface area contributed by atoms with E-state index >= 15 is 0 Å². The fourth-order valence-electron chi connectivity index (χ4n) is 12.6.